The third kappa shape index (κ3) is 1.91. The van der Waals surface area contributed by atoms with Gasteiger partial charge in [-0.2, -0.15) is 0 Å². The Morgan fingerprint density at radius 3 is 2.88 bits per heavy atom. The summed E-state index contributed by atoms with van der Waals surface area (Å²) in [6.07, 6.45) is 5.81. The molecule has 2 nitrogen and oxygen atoms in total. The Balaban J connectivity index is 1.62. The molecule has 88 valence electrons. The van der Waals surface area contributed by atoms with E-state index in [-0.39, 0.29) is 0 Å². The predicted octanol–water partition coefficient (Wildman–Crippen LogP) is 3.29. The van der Waals surface area contributed by atoms with Gasteiger partial charge in [0.25, 0.3) is 0 Å². The molecule has 0 aromatic carbocycles. The van der Waals surface area contributed by atoms with Crippen molar-refractivity contribution in [2.75, 3.05) is 0 Å². The molecule has 0 aliphatic heterocycles. The highest BCUT2D eigenvalue weighted by atomic mass is 32.1. The van der Waals surface area contributed by atoms with Crippen LogP contribution in [0.4, 0.5) is 0 Å². The fourth-order valence-corrected chi connectivity index (χ4v) is 4.23. The summed E-state index contributed by atoms with van der Waals surface area (Å²) in [4.78, 5) is 4.57. The van der Waals surface area contributed by atoms with Crippen molar-refractivity contribution in [2.24, 2.45) is 11.8 Å². The fourth-order valence-electron chi connectivity index (χ4n) is 3.41. The van der Waals surface area contributed by atoms with Gasteiger partial charge >= 0.3 is 0 Å². The van der Waals surface area contributed by atoms with Crippen LogP contribution in [0.15, 0.2) is 5.38 Å². The molecule has 2 aliphatic carbocycles. The lowest BCUT2D eigenvalue weighted by molar-refractivity contribution is 0.326. The Kier molecular flexibility index (Phi) is 2.76. The van der Waals surface area contributed by atoms with E-state index in [1.165, 1.54) is 30.7 Å². The van der Waals surface area contributed by atoms with Crippen molar-refractivity contribution in [1.82, 2.24) is 10.3 Å². The molecule has 3 rings (SSSR count). The lowest BCUT2D eigenvalue weighted by Crippen LogP contribution is -2.35. The van der Waals surface area contributed by atoms with Crippen molar-refractivity contribution in [3.63, 3.8) is 0 Å². The third-order valence-corrected chi connectivity index (χ3v) is 5.35. The molecule has 0 amide bonds. The number of nitrogens with one attached hydrogen (secondary N) is 1. The van der Waals surface area contributed by atoms with Crippen LogP contribution in [0.25, 0.3) is 0 Å². The fraction of sp³-hybridized carbons (Fsp3) is 0.769. The van der Waals surface area contributed by atoms with Gasteiger partial charge in [-0.1, -0.05) is 6.42 Å². The van der Waals surface area contributed by atoms with Gasteiger partial charge in [0.1, 0.15) is 5.01 Å². The molecule has 2 saturated carbocycles. The van der Waals surface area contributed by atoms with Gasteiger partial charge in [0.15, 0.2) is 0 Å². The van der Waals surface area contributed by atoms with Gasteiger partial charge in [-0.15, -0.1) is 11.3 Å². The number of aryl methyl sites for hydroxylation is 1. The summed E-state index contributed by atoms with van der Waals surface area (Å²) in [5, 5.41) is 7.19. The molecule has 1 heterocycles. The van der Waals surface area contributed by atoms with Gasteiger partial charge in [0.2, 0.25) is 0 Å². The topological polar surface area (TPSA) is 24.9 Å². The molecule has 1 aromatic heterocycles. The van der Waals surface area contributed by atoms with E-state index in [0.29, 0.717) is 6.04 Å². The van der Waals surface area contributed by atoms with Gasteiger partial charge < -0.3 is 5.32 Å². The Bertz CT molecular complexity index is 374. The van der Waals surface area contributed by atoms with Crippen LogP contribution in [0.3, 0.4) is 0 Å². The summed E-state index contributed by atoms with van der Waals surface area (Å²) in [5.74, 6) is 1.97. The summed E-state index contributed by atoms with van der Waals surface area (Å²) >= 11 is 1.79. The lowest BCUT2D eigenvalue weighted by Gasteiger charge is -2.25. The number of hydrogen-bond donors (Lipinski definition) is 1. The van der Waals surface area contributed by atoms with Gasteiger partial charge in [0, 0.05) is 17.1 Å². The van der Waals surface area contributed by atoms with Crippen LogP contribution in [0.5, 0.6) is 0 Å². The van der Waals surface area contributed by atoms with Gasteiger partial charge in [0.05, 0.1) is 6.04 Å². The summed E-state index contributed by atoms with van der Waals surface area (Å²) in [6, 6.07) is 1.20. The third-order valence-electron chi connectivity index (χ3n) is 4.21. The Labute approximate surface area is 101 Å². The minimum Gasteiger partial charge on any atom is -0.305 e. The van der Waals surface area contributed by atoms with Crippen molar-refractivity contribution in [3.05, 3.63) is 16.1 Å². The van der Waals surface area contributed by atoms with Crippen LogP contribution in [0, 0.1) is 18.8 Å². The molecule has 0 spiro atoms. The lowest BCUT2D eigenvalue weighted by atomic mass is 9.95. The molecular formula is C13H20N2S. The predicted molar refractivity (Wildman–Crippen MR) is 67.6 cm³/mol. The summed E-state index contributed by atoms with van der Waals surface area (Å²) in [7, 11) is 0. The summed E-state index contributed by atoms with van der Waals surface area (Å²) in [5.41, 5.74) is 1.15. The zero-order chi connectivity index (χ0) is 11.1. The molecular weight excluding hydrogens is 216 g/mol. The second-order valence-corrected chi connectivity index (χ2v) is 6.39. The highest BCUT2D eigenvalue weighted by molar-refractivity contribution is 7.09. The zero-order valence-corrected chi connectivity index (χ0v) is 10.9. The van der Waals surface area contributed by atoms with Crippen LogP contribution < -0.4 is 5.32 Å². The quantitative estimate of drug-likeness (QED) is 0.871. The smallest absolute Gasteiger partial charge is 0.110 e. The molecule has 1 aromatic rings. The minimum absolute atomic E-state index is 0.433. The average Bonchev–Trinajstić information content (AvgIpc) is 2.92. The second-order valence-electron chi connectivity index (χ2n) is 5.50. The summed E-state index contributed by atoms with van der Waals surface area (Å²) in [6.45, 7) is 4.33. The zero-order valence-electron chi connectivity index (χ0n) is 10.1. The first-order chi connectivity index (χ1) is 7.72. The van der Waals surface area contributed by atoms with Crippen LogP contribution in [0.2, 0.25) is 0 Å². The maximum Gasteiger partial charge on any atom is 0.110 e. The maximum atomic E-state index is 4.57. The SMILES string of the molecule is Cc1csc(C(C)NC2CC3CCC2C3)n1. The van der Waals surface area contributed by atoms with E-state index in [2.05, 4.69) is 29.5 Å². The molecule has 4 unspecified atom stereocenters. The Morgan fingerprint density at radius 2 is 2.31 bits per heavy atom. The average molecular weight is 236 g/mol. The minimum atomic E-state index is 0.433. The molecule has 1 N–H and O–H groups in total. The number of thiazole rings is 1. The number of rotatable bonds is 3. The monoisotopic (exact) mass is 236 g/mol. The van der Waals surface area contributed by atoms with E-state index >= 15 is 0 Å². The van der Waals surface area contributed by atoms with Crippen molar-refractivity contribution in [2.45, 2.75) is 51.6 Å². The molecule has 2 aliphatic rings. The molecule has 4 atom stereocenters. The highest BCUT2D eigenvalue weighted by Crippen LogP contribution is 2.45. The van der Waals surface area contributed by atoms with Crippen molar-refractivity contribution < 1.29 is 0 Å². The molecule has 2 fully saturated rings. The molecule has 2 bridgehead atoms. The normalized spacial score (nSPS) is 34.5. The van der Waals surface area contributed by atoms with Gasteiger partial charge in [-0.05, 0) is 44.9 Å². The first kappa shape index (κ1) is 10.7. The van der Waals surface area contributed by atoms with Crippen LogP contribution in [-0.2, 0) is 0 Å². The first-order valence-electron chi connectivity index (χ1n) is 6.40. The van der Waals surface area contributed by atoms with Gasteiger partial charge in [-0.3, -0.25) is 0 Å². The van der Waals surface area contributed by atoms with Crippen LogP contribution in [-0.4, -0.2) is 11.0 Å². The second kappa shape index (κ2) is 4.11. The number of fused-ring (bicyclic) bond motifs is 2. The van der Waals surface area contributed by atoms with E-state index in [4.69, 9.17) is 0 Å². The van der Waals surface area contributed by atoms with E-state index in [0.717, 1.165) is 23.6 Å². The van der Waals surface area contributed by atoms with Crippen LogP contribution >= 0.6 is 11.3 Å². The molecule has 0 saturated heterocycles. The van der Waals surface area contributed by atoms with Crippen molar-refractivity contribution in [1.29, 1.82) is 0 Å². The first-order valence-corrected chi connectivity index (χ1v) is 7.28. The molecule has 0 radical (unpaired) electrons. The largest absolute Gasteiger partial charge is 0.305 e. The van der Waals surface area contributed by atoms with Crippen molar-refractivity contribution in [3.8, 4) is 0 Å². The highest BCUT2D eigenvalue weighted by Gasteiger charge is 2.39. The van der Waals surface area contributed by atoms with Gasteiger partial charge in [-0.25, -0.2) is 4.98 Å². The Hall–Kier alpha value is -0.410. The van der Waals surface area contributed by atoms with Crippen molar-refractivity contribution >= 4 is 11.3 Å². The van der Waals surface area contributed by atoms with E-state index in [1.54, 1.807) is 11.3 Å². The number of aromatic nitrogens is 1. The standard InChI is InChI=1S/C13H20N2S/c1-8-7-16-13(14-8)9(2)15-12-6-10-3-4-11(12)5-10/h7,9-12,15H,3-6H2,1-2H3. The number of hydrogen-bond acceptors (Lipinski definition) is 3. The number of nitrogens with zero attached hydrogens (tertiary/aromatic N) is 1. The summed E-state index contributed by atoms with van der Waals surface area (Å²) < 4.78 is 0. The van der Waals surface area contributed by atoms with E-state index < -0.39 is 0 Å². The molecule has 16 heavy (non-hydrogen) atoms. The Morgan fingerprint density at radius 1 is 1.44 bits per heavy atom. The van der Waals surface area contributed by atoms with E-state index in [9.17, 15) is 0 Å². The maximum absolute atomic E-state index is 4.57. The van der Waals surface area contributed by atoms with E-state index in [1.807, 2.05) is 0 Å². The van der Waals surface area contributed by atoms with Crippen LogP contribution in [0.1, 0.15) is 49.4 Å². The molecule has 3 heteroatoms.